The molecular weight excluding hydrogens is 278 g/mol. The van der Waals surface area contributed by atoms with Crippen LogP contribution in [0.15, 0.2) is 36.4 Å². The average molecular weight is 295 g/mol. The maximum absolute atomic E-state index is 9.17. The molecule has 0 radical (unpaired) electrons. The molecule has 1 aromatic heterocycles. The van der Waals surface area contributed by atoms with E-state index in [1.165, 1.54) is 5.56 Å². The summed E-state index contributed by atoms with van der Waals surface area (Å²) in [7, 11) is 0. The van der Waals surface area contributed by atoms with Gasteiger partial charge >= 0.3 is 0 Å². The third-order valence-electron chi connectivity index (χ3n) is 3.93. The van der Waals surface area contributed by atoms with Crippen molar-refractivity contribution >= 4 is 11.0 Å². The topological polar surface area (TPSA) is 70.2 Å². The van der Waals surface area contributed by atoms with Gasteiger partial charge in [0, 0.05) is 18.7 Å². The number of aliphatic hydroxyl groups excluding tert-OH is 1. The minimum absolute atomic E-state index is 0.0775. The smallest absolute Gasteiger partial charge is 0.133 e. The molecule has 0 amide bonds. The number of aliphatic hydroxyl groups is 1. The summed E-state index contributed by atoms with van der Waals surface area (Å²) >= 11 is 0. The van der Waals surface area contributed by atoms with Gasteiger partial charge in [0.15, 0.2) is 0 Å². The Morgan fingerprint density at radius 1 is 1.14 bits per heavy atom. The van der Waals surface area contributed by atoms with Crippen molar-refractivity contribution in [3.05, 3.63) is 47.8 Å². The number of imidazole rings is 1. The lowest BCUT2D eigenvalue weighted by Crippen LogP contribution is -2.16. The zero-order chi connectivity index (χ0) is 14.9. The molecule has 0 spiro atoms. The highest BCUT2D eigenvalue weighted by Gasteiger charge is 2.10. The van der Waals surface area contributed by atoms with E-state index in [2.05, 4.69) is 39.6 Å². The summed E-state index contributed by atoms with van der Waals surface area (Å²) in [6, 6.07) is 12.4. The molecule has 1 aliphatic rings. The van der Waals surface area contributed by atoms with E-state index in [-0.39, 0.29) is 6.61 Å². The van der Waals surface area contributed by atoms with Gasteiger partial charge in [-0.15, -0.1) is 0 Å². The van der Waals surface area contributed by atoms with Crippen molar-refractivity contribution in [3.8, 4) is 16.9 Å². The second-order valence-corrected chi connectivity index (χ2v) is 5.42. The molecule has 5 nitrogen and oxygen atoms in total. The van der Waals surface area contributed by atoms with Gasteiger partial charge in [0.2, 0.25) is 0 Å². The molecule has 0 atom stereocenters. The first-order valence-corrected chi connectivity index (χ1v) is 7.40. The summed E-state index contributed by atoms with van der Waals surface area (Å²) < 4.78 is 5.72. The largest absolute Gasteiger partial charge is 0.492 e. The zero-order valence-electron chi connectivity index (χ0n) is 12.1. The molecule has 2 aromatic carbocycles. The van der Waals surface area contributed by atoms with Crippen LogP contribution < -0.4 is 10.1 Å². The van der Waals surface area contributed by atoms with Crippen LogP contribution in [0.25, 0.3) is 22.2 Å². The van der Waals surface area contributed by atoms with E-state index >= 15 is 0 Å². The fourth-order valence-electron chi connectivity index (χ4n) is 2.81. The third kappa shape index (κ3) is 2.34. The standard InChI is InChI=1S/C17H17N3O2/c21-10-17-19-14-3-1-12(8-15(14)20-17)11-2-4-16-13(7-11)9-18-5-6-22-16/h1-4,7-8,18,21H,5-6,9-10H2,(H,19,20). The Kier molecular flexibility index (Phi) is 3.29. The maximum atomic E-state index is 9.17. The van der Waals surface area contributed by atoms with Gasteiger partial charge in [-0.2, -0.15) is 0 Å². The second kappa shape index (κ2) is 5.44. The van der Waals surface area contributed by atoms with Gasteiger partial charge in [0.1, 0.15) is 24.8 Å². The van der Waals surface area contributed by atoms with Crippen molar-refractivity contribution in [3.63, 3.8) is 0 Å². The Hall–Kier alpha value is -2.37. The minimum atomic E-state index is -0.0775. The Balaban J connectivity index is 1.76. The predicted octanol–water partition coefficient (Wildman–Crippen LogP) is 2.20. The highest BCUT2D eigenvalue weighted by Crippen LogP contribution is 2.29. The molecule has 2 heterocycles. The van der Waals surface area contributed by atoms with Crippen LogP contribution in [0.1, 0.15) is 11.4 Å². The maximum Gasteiger partial charge on any atom is 0.133 e. The van der Waals surface area contributed by atoms with Crippen molar-refractivity contribution in [2.75, 3.05) is 13.2 Å². The summed E-state index contributed by atoms with van der Waals surface area (Å²) in [5.41, 5.74) is 5.25. The molecule has 0 fully saturated rings. The average Bonchev–Trinajstić information content (AvgIpc) is 2.83. The normalized spacial score (nSPS) is 14.4. The van der Waals surface area contributed by atoms with Crippen LogP contribution in [0.2, 0.25) is 0 Å². The van der Waals surface area contributed by atoms with Gasteiger partial charge in [0.05, 0.1) is 11.0 Å². The van der Waals surface area contributed by atoms with E-state index in [4.69, 9.17) is 9.84 Å². The quantitative estimate of drug-likeness (QED) is 0.678. The number of nitrogens with one attached hydrogen (secondary N) is 2. The minimum Gasteiger partial charge on any atom is -0.492 e. The van der Waals surface area contributed by atoms with Gasteiger partial charge in [-0.1, -0.05) is 12.1 Å². The number of rotatable bonds is 2. The summed E-state index contributed by atoms with van der Waals surface area (Å²) in [4.78, 5) is 7.44. The van der Waals surface area contributed by atoms with E-state index in [1.54, 1.807) is 0 Å². The van der Waals surface area contributed by atoms with E-state index < -0.39 is 0 Å². The lowest BCUT2D eigenvalue weighted by molar-refractivity contribution is 0.273. The van der Waals surface area contributed by atoms with E-state index in [0.29, 0.717) is 12.4 Å². The number of aromatic amines is 1. The molecule has 112 valence electrons. The number of aromatic nitrogens is 2. The summed E-state index contributed by atoms with van der Waals surface area (Å²) in [6.45, 7) is 2.32. The molecule has 1 aliphatic heterocycles. The molecule has 0 saturated carbocycles. The molecule has 3 N–H and O–H groups in total. The third-order valence-corrected chi connectivity index (χ3v) is 3.93. The molecule has 0 unspecified atom stereocenters. The number of benzene rings is 2. The molecule has 0 saturated heterocycles. The SMILES string of the molecule is OCc1nc2ccc(-c3ccc4c(c3)CNCCO4)cc2[nH]1. The van der Waals surface area contributed by atoms with Gasteiger partial charge in [-0.05, 0) is 35.4 Å². The van der Waals surface area contributed by atoms with Crippen molar-refractivity contribution in [1.29, 1.82) is 0 Å². The first-order chi connectivity index (χ1) is 10.8. The number of nitrogens with zero attached hydrogens (tertiary/aromatic N) is 1. The second-order valence-electron chi connectivity index (χ2n) is 5.42. The van der Waals surface area contributed by atoms with E-state index in [0.717, 1.165) is 41.0 Å². The van der Waals surface area contributed by atoms with Crippen LogP contribution in [0.4, 0.5) is 0 Å². The summed E-state index contributed by atoms with van der Waals surface area (Å²) in [5.74, 6) is 1.55. The van der Waals surface area contributed by atoms with Crippen LogP contribution in [-0.2, 0) is 13.2 Å². The predicted molar refractivity (Wildman–Crippen MR) is 84.7 cm³/mol. The highest BCUT2D eigenvalue weighted by molar-refractivity contribution is 5.82. The number of hydrogen-bond acceptors (Lipinski definition) is 4. The summed E-state index contributed by atoms with van der Waals surface area (Å²) in [5, 5.41) is 12.5. The monoisotopic (exact) mass is 295 g/mol. The zero-order valence-corrected chi connectivity index (χ0v) is 12.1. The Labute approximate surface area is 128 Å². The molecular formula is C17H17N3O2. The fourth-order valence-corrected chi connectivity index (χ4v) is 2.81. The number of H-pyrrole nitrogens is 1. The van der Waals surface area contributed by atoms with Gasteiger partial charge in [0.25, 0.3) is 0 Å². The molecule has 22 heavy (non-hydrogen) atoms. The van der Waals surface area contributed by atoms with Crippen LogP contribution in [0, 0.1) is 0 Å². The van der Waals surface area contributed by atoms with Crippen LogP contribution >= 0.6 is 0 Å². The molecule has 0 bridgehead atoms. The Bertz CT molecular complexity index is 826. The lowest BCUT2D eigenvalue weighted by Gasteiger charge is -2.09. The number of ether oxygens (including phenoxy) is 1. The van der Waals surface area contributed by atoms with Crippen molar-refractivity contribution in [2.24, 2.45) is 0 Å². The number of hydrogen-bond donors (Lipinski definition) is 3. The Morgan fingerprint density at radius 3 is 2.91 bits per heavy atom. The first-order valence-electron chi connectivity index (χ1n) is 7.40. The van der Waals surface area contributed by atoms with Gasteiger partial charge in [-0.25, -0.2) is 4.98 Å². The van der Waals surface area contributed by atoms with Gasteiger partial charge < -0.3 is 20.1 Å². The molecule has 0 aliphatic carbocycles. The summed E-state index contributed by atoms with van der Waals surface area (Å²) in [6.07, 6.45) is 0. The fraction of sp³-hybridized carbons (Fsp3) is 0.235. The Morgan fingerprint density at radius 2 is 2.00 bits per heavy atom. The van der Waals surface area contributed by atoms with Crippen molar-refractivity contribution in [2.45, 2.75) is 13.2 Å². The molecule has 4 rings (SSSR count). The first kappa shape index (κ1) is 13.3. The molecule has 3 aromatic rings. The van der Waals surface area contributed by atoms with Crippen molar-refractivity contribution in [1.82, 2.24) is 15.3 Å². The van der Waals surface area contributed by atoms with Crippen molar-refractivity contribution < 1.29 is 9.84 Å². The van der Waals surface area contributed by atoms with Crippen LogP contribution in [0.3, 0.4) is 0 Å². The highest BCUT2D eigenvalue weighted by atomic mass is 16.5. The lowest BCUT2D eigenvalue weighted by atomic mass is 10.0. The van der Waals surface area contributed by atoms with Crippen LogP contribution in [0.5, 0.6) is 5.75 Å². The van der Waals surface area contributed by atoms with Crippen LogP contribution in [-0.4, -0.2) is 28.2 Å². The van der Waals surface area contributed by atoms with E-state index in [9.17, 15) is 0 Å². The van der Waals surface area contributed by atoms with E-state index in [1.807, 2.05) is 12.1 Å². The van der Waals surface area contributed by atoms with Gasteiger partial charge in [-0.3, -0.25) is 0 Å². The number of fused-ring (bicyclic) bond motifs is 2. The molecule has 5 heteroatoms.